The van der Waals surface area contributed by atoms with E-state index in [1.807, 2.05) is 0 Å². The summed E-state index contributed by atoms with van der Waals surface area (Å²) in [5.74, 6) is -1.61. The lowest BCUT2D eigenvalue weighted by Crippen LogP contribution is -2.46. The van der Waals surface area contributed by atoms with E-state index in [1.54, 1.807) is 19.1 Å². The van der Waals surface area contributed by atoms with Crippen LogP contribution in [-0.4, -0.2) is 22.9 Å². The lowest BCUT2D eigenvalue weighted by atomic mass is 9.96. The van der Waals surface area contributed by atoms with Gasteiger partial charge >= 0.3 is 5.97 Å². The summed E-state index contributed by atoms with van der Waals surface area (Å²) in [5.41, 5.74) is 1.11. The second-order valence-electron chi connectivity index (χ2n) is 5.52. The van der Waals surface area contributed by atoms with Gasteiger partial charge < -0.3 is 5.11 Å². The first kappa shape index (κ1) is 12.8. The van der Waals surface area contributed by atoms with Crippen LogP contribution in [0.1, 0.15) is 35.2 Å². The number of carbonyl (C=O) groups excluding carboxylic acids is 2. The van der Waals surface area contributed by atoms with Crippen LogP contribution in [0.3, 0.4) is 0 Å². The summed E-state index contributed by atoms with van der Waals surface area (Å²) in [4.78, 5) is 37.0. The molecule has 2 atom stereocenters. The summed E-state index contributed by atoms with van der Waals surface area (Å²) < 4.78 is 0. The zero-order valence-electron chi connectivity index (χ0n) is 11.1. The van der Waals surface area contributed by atoms with Crippen LogP contribution in [0.25, 0.3) is 0 Å². The SMILES string of the molecule is Cc1ccc(N2C(=O)C3CCC(C3)C2=O)cc1C(=O)O. The number of carbonyl (C=O) groups is 3. The Bertz CT molecular complexity index is 600. The molecule has 3 rings (SSSR count). The van der Waals surface area contributed by atoms with Gasteiger partial charge in [-0.2, -0.15) is 0 Å². The molecular formula is C15H15NO4. The van der Waals surface area contributed by atoms with Crippen molar-refractivity contribution in [1.29, 1.82) is 0 Å². The van der Waals surface area contributed by atoms with Crippen LogP contribution < -0.4 is 4.90 Å². The molecule has 1 N–H and O–H groups in total. The van der Waals surface area contributed by atoms with Crippen molar-refractivity contribution in [2.45, 2.75) is 26.2 Å². The molecule has 2 fully saturated rings. The Morgan fingerprint density at radius 3 is 2.35 bits per heavy atom. The molecule has 104 valence electrons. The predicted octanol–water partition coefficient (Wildman–Crippen LogP) is 1.98. The summed E-state index contributed by atoms with van der Waals surface area (Å²) >= 11 is 0. The van der Waals surface area contributed by atoms with Gasteiger partial charge in [0.05, 0.1) is 11.3 Å². The Hall–Kier alpha value is -2.17. The molecule has 1 saturated carbocycles. The number of aryl methyl sites for hydroxylation is 1. The standard InChI is InChI=1S/C15H15NO4/c1-8-2-5-11(7-12(8)15(19)20)16-13(17)9-3-4-10(6-9)14(16)18/h2,5,7,9-10H,3-4,6H2,1H3,(H,19,20). The lowest BCUT2D eigenvalue weighted by Gasteiger charge is -2.30. The molecule has 5 nitrogen and oxygen atoms in total. The fourth-order valence-corrected chi connectivity index (χ4v) is 3.14. The van der Waals surface area contributed by atoms with Crippen molar-refractivity contribution in [3.05, 3.63) is 29.3 Å². The largest absolute Gasteiger partial charge is 0.478 e. The zero-order chi connectivity index (χ0) is 14.4. The van der Waals surface area contributed by atoms with Crippen LogP contribution in [0.2, 0.25) is 0 Å². The number of amides is 2. The number of benzene rings is 1. The van der Waals surface area contributed by atoms with Crippen LogP contribution in [0.15, 0.2) is 18.2 Å². The Balaban J connectivity index is 2.04. The monoisotopic (exact) mass is 273 g/mol. The molecule has 5 heteroatoms. The number of carboxylic acids is 1. The second-order valence-corrected chi connectivity index (χ2v) is 5.52. The summed E-state index contributed by atoms with van der Waals surface area (Å²) in [6.45, 7) is 1.69. The van der Waals surface area contributed by atoms with E-state index in [9.17, 15) is 14.4 Å². The third-order valence-electron chi connectivity index (χ3n) is 4.28. The molecular weight excluding hydrogens is 258 g/mol. The molecule has 1 aliphatic carbocycles. The van der Waals surface area contributed by atoms with E-state index in [-0.39, 0.29) is 29.2 Å². The van der Waals surface area contributed by atoms with E-state index >= 15 is 0 Å². The Kier molecular flexibility index (Phi) is 2.85. The molecule has 1 aliphatic heterocycles. The third-order valence-corrected chi connectivity index (χ3v) is 4.28. The maximum Gasteiger partial charge on any atom is 0.336 e. The molecule has 2 amide bonds. The molecule has 2 unspecified atom stereocenters. The van der Waals surface area contributed by atoms with E-state index in [2.05, 4.69) is 0 Å². The number of fused-ring (bicyclic) bond motifs is 2. The summed E-state index contributed by atoms with van der Waals surface area (Å²) in [5, 5.41) is 9.15. The molecule has 1 saturated heterocycles. The van der Waals surface area contributed by atoms with Crippen molar-refractivity contribution in [2.75, 3.05) is 4.90 Å². The van der Waals surface area contributed by atoms with Crippen molar-refractivity contribution >= 4 is 23.5 Å². The van der Waals surface area contributed by atoms with Gasteiger partial charge in [-0.1, -0.05) is 6.07 Å². The van der Waals surface area contributed by atoms with Crippen molar-refractivity contribution < 1.29 is 19.5 Å². The number of aromatic carboxylic acids is 1. The minimum Gasteiger partial charge on any atom is -0.478 e. The fourth-order valence-electron chi connectivity index (χ4n) is 3.14. The fraction of sp³-hybridized carbons (Fsp3) is 0.400. The molecule has 1 aromatic rings. The quantitative estimate of drug-likeness (QED) is 0.836. The smallest absolute Gasteiger partial charge is 0.336 e. The first-order chi connectivity index (χ1) is 9.49. The lowest BCUT2D eigenvalue weighted by molar-refractivity contribution is -0.133. The normalized spacial score (nSPS) is 25.1. The molecule has 1 aromatic carbocycles. The molecule has 0 spiro atoms. The topological polar surface area (TPSA) is 74.7 Å². The van der Waals surface area contributed by atoms with Gasteiger partial charge in [-0.05, 0) is 43.9 Å². The predicted molar refractivity (Wildman–Crippen MR) is 71.5 cm³/mol. The number of anilines is 1. The van der Waals surface area contributed by atoms with Crippen molar-refractivity contribution in [1.82, 2.24) is 0 Å². The number of imide groups is 1. The summed E-state index contributed by atoms with van der Waals surface area (Å²) in [6, 6.07) is 4.69. The molecule has 20 heavy (non-hydrogen) atoms. The maximum atomic E-state index is 12.3. The highest BCUT2D eigenvalue weighted by atomic mass is 16.4. The zero-order valence-corrected chi connectivity index (χ0v) is 11.1. The van der Waals surface area contributed by atoms with Crippen LogP contribution in [0.5, 0.6) is 0 Å². The first-order valence-electron chi connectivity index (χ1n) is 6.71. The maximum absolute atomic E-state index is 12.3. The van der Waals surface area contributed by atoms with Gasteiger partial charge in [0.1, 0.15) is 0 Å². The molecule has 0 radical (unpaired) electrons. The number of hydrogen-bond acceptors (Lipinski definition) is 3. The van der Waals surface area contributed by atoms with Gasteiger partial charge in [0.2, 0.25) is 11.8 Å². The van der Waals surface area contributed by atoms with Crippen LogP contribution in [-0.2, 0) is 9.59 Å². The number of nitrogens with zero attached hydrogens (tertiary/aromatic N) is 1. The number of piperidine rings is 1. The Labute approximate surface area is 116 Å². The minimum atomic E-state index is -1.05. The summed E-state index contributed by atoms with van der Waals surface area (Å²) in [7, 11) is 0. The highest BCUT2D eigenvalue weighted by Gasteiger charge is 2.45. The second kappa shape index (κ2) is 4.44. The van der Waals surface area contributed by atoms with Gasteiger partial charge in [-0.25, -0.2) is 4.79 Å². The van der Waals surface area contributed by atoms with E-state index < -0.39 is 5.97 Å². The third kappa shape index (κ3) is 1.81. The van der Waals surface area contributed by atoms with E-state index in [0.717, 1.165) is 12.8 Å². The van der Waals surface area contributed by atoms with Crippen LogP contribution in [0, 0.1) is 18.8 Å². The number of carboxylic acid groups (broad SMARTS) is 1. The number of rotatable bonds is 2. The van der Waals surface area contributed by atoms with Crippen molar-refractivity contribution in [2.24, 2.45) is 11.8 Å². The van der Waals surface area contributed by atoms with Gasteiger partial charge in [0.25, 0.3) is 0 Å². The van der Waals surface area contributed by atoms with Gasteiger partial charge in [0, 0.05) is 11.8 Å². The van der Waals surface area contributed by atoms with Gasteiger partial charge in [-0.3, -0.25) is 14.5 Å². The minimum absolute atomic E-state index is 0.0905. The molecule has 2 bridgehead atoms. The number of hydrogen-bond donors (Lipinski definition) is 1. The van der Waals surface area contributed by atoms with Crippen LogP contribution >= 0.6 is 0 Å². The summed E-state index contributed by atoms with van der Waals surface area (Å²) in [6.07, 6.45) is 2.15. The molecule has 0 aromatic heterocycles. The first-order valence-corrected chi connectivity index (χ1v) is 6.71. The van der Waals surface area contributed by atoms with Gasteiger partial charge in [-0.15, -0.1) is 0 Å². The average molecular weight is 273 g/mol. The average Bonchev–Trinajstić information content (AvgIpc) is 2.85. The molecule has 1 heterocycles. The molecule has 2 aliphatic rings. The van der Waals surface area contributed by atoms with E-state index in [4.69, 9.17) is 5.11 Å². The highest BCUT2D eigenvalue weighted by Crippen LogP contribution is 2.40. The van der Waals surface area contributed by atoms with Crippen LogP contribution in [0.4, 0.5) is 5.69 Å². The Morgan fingerprint density at radius 1 is 1.20 bits per heavy atom. The van der Waals surface area contributed by atoms with Gasteiger partial charge in [0.15, 0.2) is 0 Å². The highest BCUT2D eigenvalue weighted by molar-refractivity contribution is 6.18. The van der Waals surface area contributed by atoms with E-state index in [1.165, 1.54) is 11.0 Å². The van der Waals surface area contributed by atoms with Crippen molar-refractivity contribution in [3.63, 3.8) is 0 Å². The Morgan fingerprint density at radius 2 is 1.80 bits per heavy atom. The van der Waals surface area contributed by atoms with Crippen molar-refractivity contribution in [3.8, 4) is 0 Å². The van der Waals surface area contributed by atoms with E-state index in [0.29, 0.717) is 17.7 Å².